The van der Waals surface area contributed by atoms with E-state index in [4.69, 9.17) is 0 Å². The van der Waals surface area contributed by atoms with E-state index in [2.05, 4.69) is 4.98 Å². The second kappa shape index (κ2) is 5.73. The first-order valence-corrected chi connectivity index (χ1v) is 6.44. The van der Waals surface area contributed by atoms with Crippen LogP contribution in [0.25, 0.3) is 0 Å². The van der Waals surface area contributed by atoms with Crippen LogP contribution in [0.3, 0.4) is 0 Å². The van der Waals surface area contributed by atoms with Gasteiger partial charge in [-0.05, 0) is 18.2 Å². The van der Waals surface area contributed by atoms with Crippen LogP contribution in [0.4, 0.5) is 4.39 Å². The minimum Gasteiger partial charge on any atom is -0.341 e. The molecular weight excluding hydrogens is 251 g/mol. The van der Waals surface area contributed by atoms with Crippen LogP contribution in [0.5, 0.6) is 0 Å². The number of carbonyl (C=O) groups is 1. The molecule has 1 aromatic heterocycles. The van der Waals surface area contributed by atoms with Crippen molar-refractivity contribution in [2.75, 3.05) is 13.6 Å². The molecule has 2 rings (SSSR count). The first kappa shape index (κ1) is 12.7. The van der Waals surface area contributed by atoms with Crippen LogP contribution in [0.1, 0.15) is 15.4 Å². The summed E-state index contributed by atoms with van der Waals surface area (Å²) in [7, 11) is 1.71. The zero-order chi connectivity index (χ0) is 13.0. The third-order valence-corrected chi connectivity index (χ3v) is 3.40. The number of thiazole rings is 1. The Labute approximate surface area is 109 Å². The van der Waals surface area contributed by atoms with Crippen molar-refractivity contribution in [2.24, 2.45) is 0 Å². The van der Waals surface area contributed by atoms with Gasteiger partial charge >= 0.3 is 0 Å². The van der Waals surface area contributed by atoms with Crippen LogP contribution in [0, 0.1) is 5.82 Å². The van der Waals surface area contributed by atoms with Crippen LogP contribution in [0.2, 0.25) is 0 Å². The molecule has 0 bridgehead atoms. The lowest BCUT2D eigenvalue weighted by atomic mass is 10.2. The van der Waals surface area contributed by atoms with E-state index in [1.807, 2.05) is 5.38 Å². The zero-order valence-electron chi connectivity index (χ0n) is 9.97. The van der Waals surface area contributed by atoms with Gasteiger partial charge in [-0.1, -0.05) is 6.07 Å². The third-order valence-electron chi connectivity index (χ3n) is 2.56. The average Bonchev–Trinajstić information content (AvgIpc) is 2.88. The van der Waals surface area contributed by atoms with E-state index in [9.17, 15) is 9.18 Å². The number of amides is 1. The van der Waals surface area contributed by atoms with Crippen LogP contribution in [0.15, 0.2) is 35.8 Å². The van der Waals surface area contributed by atoms with E-state index in [1.165, 1.54) is 18.2 Å². The number of aromatic nitrogens is 1. The maximum absolute atomic E-state index is 13.0. The number of carbonyl (C=O) groups excluding carboxylic acids is 1. The topological polar surface area (TPSA) is 33.2 Å². The molecule has 0 atom stereocenters. The van der Waals surface area contributed by atoms with Crippen molar-refractivity contribution in [3.63, 3.8) is 0 Å². The van der Waals surface area contributed by atoms with Gasteiger partial charge in [0, 0.05) is 37.2 Å². The highest BCUT2D eigenvalue weighted by Gasteiger charge is 2.12. The predicted molar refractivity (Wildman–Crippen MR) is 69.2 cm³/mol. The largest absolute Gasteiger partial charge is 0.341 e. The number of halogens is 1. The van der Waals surface area contributed by atoms with Gasteiger partial charge in [0.25, 0.3) is 5.91 Å². The SMILES string of the molecule is CN(CCc1nccs1)C(=O)c1cccc(F)c1. The van der Waals surface area contributed by atoms with Gasteiger partial charge in [-0.2, -0.15) is 0 Å². The minimum absolute atomic E-state index is 0.175. The van der Waals surface area contributed by atoms with Gasteiger partial charge in [0.2, 0.25) is 0 Å². The number of rotatable bonds is 4. The molecule has 18 heavy (non-hydrogen) atoms. The van der Waals surface area contributed by atoms with Gasteiger partial charge in [0.05, 0.1) is 5.01 Å². The molecule has 3 nitrogen and oxygen atoms in total. The van der Waals surface area contributed by atoms with E-state index >= 15 is 0 Å². The Hall–Kier alpha value is -1.75. The lowest BCUT2D eigenvalue weighted by Crippen LogP contribution is -2.28. The standard InChI is InChI=1S/C13H13FN2OS/c1-16(7-5-12-15-6-8-18-12)13(17)10-3-2-4-11(14)9-10/h2-4,6,8-9H,5,7H2,1H3. The van der Waals surface area contributed by atoms with Crippen LogP contribution in [-0.4, -0.2) is 29.4 Å². The molecule has 0 saturated heterocycles. The predicted octanol–water partition coefficient (Wildman–Crippen LogP) is 2.60. The van der Waals surface area contributed by atoms with Gasteiger partial charge in [-0.15, -0.1) is 11.3 Å². The summed E-state index contributed by atoms with van der Waals surface area (Å²) < 4.78 is 13.0. The van der Waals surface area contributed by atoms with Gasteiger partial charge in [-0.25, -0.2) is 9.37 Å². The number of hydrogen-bond acceptors (Lipinski definition) is 3. The molecule has 2 aromatic rings. The Bertz CT molecular complexity index is 528. The highest BCUT2D eigenvalue weighted by molar-refractivity contribution is 7.09. The van der Waals surface area contributed by atoms with Gasteiger partial charge in [-0.3, -0.25) is 4.79 Å². The summed E-state index contributed by atoms with van der Waals surface area (Å²) in [6.07, 6.45) is 2.46. The Morgan fingerprint density at radius 2 is 2.33 bits per heavy atom. The molecule has 1 amide bonds. The summed E-state index contributed by atoms with van der Waals surface area (Å²) >= 11 is 1.57. The third kappa shape index (κ3) is 3.13. The quantitative estimate of drug-likeness (QED) is 0.850. The van der Waals surface area contributed by atoms with Gasteiger partial charge in [0.15, 0.2) is 0 Å². The molecule has 1 aromatic carbocycles. The zero-order valence-corrected chi connectivity index (χ0v) is 10.8. The van der Waals surface area contributed by atoms with E-state index in [0.29, 0.717) is 12.1 Å². The van der Waals surface area contributed by atoms with Gasteiger partial charge in [0.1, 0.15) is 5.82 Å². The molecule has 0 spiro atoms. The molecule has 0 aliphatic rings. The Kier molecular flexibility index (Phi) is 4.04. The lowest BCUT2D eigenvalue weighted by molar-refractivity contribution is 0.0796. The maximum atomic E-state index is 13.0. The maximum Gasteiger partial charge on any atom is 0.253 e. The van der Waals surface area contributed by atoms with E-state index < -0.39 is 5.82 Å². The summed E-state index contributed by atoms with van der Waals surface area (Å²) in [6.45, 7) is 0.572. The Morgan fingerprint density at radius 3 is 3.00 bits per heavy atom. The molecule has 94 valence electrons. The molecule has 0 N–H and O–H groups in total. The number of hydrogen-bond donors (Lipinski definition) is 0. The van der Waals surface area contributed by atoms with Crippen LogP contribution >= 0.6 is 11.3 Å². The molecule has 0 aliphatic heterocycles. The van der Waals surface area contributed by atoms with Crippen molar-refractivity contribution >= 4 is 17.2 Å². The van der Waals surface area contributed by atoms with E-state index in [-0.39, 0.29) is 5.91 Å². The second-order valence-electron chi connectivity index (χ2n) is 3.91. The Morgan fingerprint density at radius 1 is 1.50 bits per heavy atom. The average molecular weight is 264 g/mol. The molecule has 0 aliphatic carbocycles. The van der Waals surface area contributed by atoms with Crippen molar-refractivity contribution in [1.29, 1.82) is 0 Å². The molecule has 0 radical (unpaired) electrons. The summed E-state index contributed by atoms with van der Waals surface area (Å²) in [5.74, 6) is -0.569. The fraction of sp³-hybridized carbons (Fsp3) is 0.231. The molecule has 0 unspecified atom stereocenters. The molecule has 0 saturated carbocycles. The molecule has 1 heterocycles. The fourth-order valence-electron chi connectivity index (χ4n) is 1.58. The number of likely N-dealkylation sites (N-methyl/N-ethyl adjacent to an activating group) is 1. The number of benzene rings is 1. The summed E-state index contributed by atoms with van der Waals surface area (Å²) in [4.78, 5) is 17.7. The van der Waals surface area contributed by atoms with E-state index in [1.54, 1.807) is 35.5 Å². The van der Waals surface area contributed by atoms with Crippen molar-refractivity contribution in [3.8, 4) is 0 Å². The minimum atomic E-state index is -0.394. The molecular formula is C13H13FN2OS. The highest BCUT2D eigenvalue weighted by Crippen LogP contribution is 2.09. The molecule has 5 heteroatoms. The number of nitrogens with zero attached hydrogens (tertiary/aromatic N) is 2. The Balaban J connectivity index is 1.96. The van der Waals surface area contributed by atoms with Crippen molar-refractivity contribution in [3.05, 3.63) is 52.2 Å². The summed E-state index contributed by atoms with van der Waals surface area (Å²) in [5, 5.41) is 2.90. The smallest absolute Gasteiger partial charge is 0.253 e. The normalized spacial score (nSPS) is 10.3. The highest BCUT2D eigenvalue weighted by atomic mass is 32.1. The lowest BCUT2D eigenvalue weighted by Gasteiger charge is -2.16. The van der Waals surface area contributed by atoms with Crippen LogP contribution < -0.4 is 0 Å². The summed E-state index contributed by atoms with van der Waals surface area (Å²) in [6, 6.07) is 5.73. The first-order chi connectivity index (χ1) is 8.66. The monoisotopic (exact) mass is 264 g/mol. The van der Waals surface area contributed by atoms with Crippen LogP contribution in [-0.2, 0) is 6.42 Å². The first-order valence-electron chi connectivity index (χ1n) is 5.56. The van der Waals surface area contributed by atoms with Crippen molar-refractivity contribution in [1.82, 2.24) is 9.88 Å². The van der Waals surface area contributed by atoms with Crippen molar-refractivity contribution < 1.29 is 9.18 Å². The molecule has 0 fully saturated rings. The summed E-state index contributed by atoms with van der Waals surface area (Å²) in [5.41, 5.74) is 0.372. The van der Waals surface area contributed by atoms with Gasteiger partial charge < -0.3 is 4.90 Å². The van der Waals surface area contributed by atoms with Crippen molar-refractivity contribution in [2.45, 2.75) is 6.42 Å². The van der Waals surface area contributed by atoms with E-state index in [0.717, 1.165) is 11.4 Å². The fourth-order valence-corrected chi connectivity index (χ4v) is 2.19. The second-order valence-corrected chi connectivity index (χ2v) is 4.89.